The zero-order valence-electron chi connectivity index (χ0n) is 29.3. The van der Waals surface area contributed by atoms with Crippen molar-refractivity contribution < 1.29 is 23.1 Å². The number of anilines is 2. The summed E-state index contributed by atoms with van der Waals surface area (Å²) in [7, 11) is -4.23. The summed E-state index contributed by atoms with van der Waals surface area (Å²) in [6.45, 7) is 15.4. The molecule has 0 unspecified atom stereocenters. The van der Waals surface area contributed by atoms with Gasteiger partial charge in [-0.3, -0.25) is 0 Å². The van der Waals surface area contributed by atoms with E-state index in [0.717, 1.165) is 54.4 Å². The lowest BCUT2D eigenvalue weighted by molar-refractivity contribution is 0.0696. The molecule has 0 aliphatic carbocycles. The van der Waals surface area contributed by atoms with Gasteiger partial charge >= 0.3 is 5.97 Å². The molecule has 1 fully saturated rings. The molecule has 0 saturated carbocycles. The molecular formula is C36H46ClN7O5S. The van der Waals surface area contributed by atoms with E-state index < -0.39 is 16.0 Å². The lowest BCUT2D eigenvalue weighted by Gasteiger charge is -2.47. The van der Waals surface area contributed by atoms with Crippen molar-refractivity contribution in [1.29, 1.82) is 0 Å². The van der Waals surface area contributed by atoms with Gasteiger partial charge in [-0.2, -0.15) is 4.98 Å². The highest BCUT2D eigenvalue weighted by Gasteiger charge is 2.34. The Bertz CT molecular complexity index is 1880. The molecule has 1 aliphatic rings. The molecule has 3 heterocycles. The monoisotopic (exact) mass is 723 g/mol. The number of rotatable bonds is 15. The molecule has 0 spiro atoms. The van der Waals surface area contributed by atoms with Crippen molar-refractivity contribution >= 4 is 40.0 Å². The van der Waals surface area contributed by atoms with E-state index in [1.54, 1.807) is 6.07 Å². The first-order valence-corrected chi connectivity index (χ1v) is 17.9. The van der Waals surface area contributed by atoms with Crippen molar-refractivity contribution in [2.24, 2.45) is 11.3 Å². The Kier molecular flexibility index (Phi) is 12.4. The number of sulfonamides is 1. The van der Waals surface area contributed by atoms with E-state index in [4.69, 9.17) is 4.74 Å². The maximum Gasteiger partial charge on any atom is 0.335 e. The average Bonchev–Trinajstić information content (AvgIpc) is 3.03. The molecule has 14 heteroatoms. The number of carboxylic acids is 1. The number of ether oxygens (including phenoxy) is 1. The van der Waals surface area contributed by atoms with E-state index in [1.807, 2.05) is 44.4 Å². The van der Waals surface area contributed by atoms with Gasteiger partial charge in [0.1, 0.15) is 12.4 Å². The summed E-state index contributed by atoms with van der Waals surface area (Å²) in [5, 5.41) is 12.9. The Morgan fingerprint density at radius 2 is 1.66 bits per heavy atom. The number of carbonyl (C=O) groups is 1. The molecule has 4 aromatic rings. The summed E-state index contributed by atoms with van der Waals surface area (Å²) in [6.07, 6.45) is 5.53. The van der Waals surface area contributed by atoms with E-state index in [1.165, 1.54) is 18.2 Å². The number of carboxylic acid groups (broad SMARTS) is 1. The zero-order chi connectivity index (χ0) is 35.3. The third-order valence-corrected chi connectivity index (χ3v) is 9.75. The van der Waals surface area contributed by atoms with Gasteiger partial charge in [0.05, 0.1) is 40.8 Å². The van der Waals surface area contributed by atoms with Crippen molar-refractivity contribution in [1.82, 2.24) is 25.3 Å². The number of aryl methyl sites for hydroxylation is 2. The van der Waals surface area contributed by atoms with Gasteiger partial charge in [-0.15, -0.1) is 12.4 Å². The van der Waals surface area contributed by atoms with Crippen LogP contribution in [0.15, 0.2) is 65.8 Å². The van der Waals surface area contributed by atoms with Crippen LogP contribution in [0, 0.1) is 25.2 Å². The number of hydrogen-bond acceptors (Lipinski definition) is 10. The van der Waals surface area contributed by atoms with Gasteiger partial charge in [-0.1, -0.05) is 52.0 Å². The molecule has 0 amide bonds. The topological polar surface area (TPSA) is 160 Å². The number of aromatic carboxylic acids is 1. The zero-order valence-corrected chi connectivity index (χ0v) is 30.9. The summed E-state index contributed by atoms with van der Waals surface area (Å²) in [6, 6.07) is 12.6. The van der Waals surface area contributed by atoms with Crippen LogP contribution in [0.5, 0.6) is 5.88 Å². The third kappa shape index (κ3) is 9.89. The van der Waals surface area contributed by atoms with Crippen LogP contribution in [-0.2, 0) is 16.6 Å². The Hall–Kier alpha value is -4.33. The summed E-state index contributed by atoms with van der Waals surface area (Å²) in [5.41, 5.74) is 4.40. The Balaban J connectivity index is 0.00000562. The number of nitrogens with one attached hydrogen (secondary N) is 2. The fourth-order valence-electron chi connectivity index (χ4n) is 5.84. The minimum atomic E-state index is -4.23. The van der Waals surface area contributed by atoms with Crippen LogP contribution in [-0.4, -0.2) is 65.2 Å². The first-order valence-electron chi connectivity index (χ1n) is 16.4. The number of halogens is 1. The van der Waals surface area contributed by atoms with Crippen LogP contribution >= 0.6 is 12.4 Å². The molecule has 0 bridgehead atoms. The molecule has 268 valence electrons. The fraction of sp³-hybridized carbons (Fsp3) is 0.417. The van der Waals surface area contributed by atoms with Gasteiger partial charge in [0, 0.05) is 30.8 Å². The Morgan fingerprint density at radius 1 is 1.00 bits per heavy atom. The number of nitrogens with zero attached hydrogens (tertiary/aromatic N) is 5. The maximum atomic E-state index is 13.4. The molecule has 3 N–H and O–H groups in total. The molecule has 1 aliphatic heterocycles. The second-order valence-corrected chi connectivity index (χ2v) is 15.5. The quantitative estimate of drug-likeness (QED) is 0.127. The number of benzene rings is 2. The highest BCUT2D eigenvalue weighted by atomic mass is 35.5. The van der Waals surface area contributed by atoms with Crippen LogP contribution in [0.4, 0.5) is 11.6 Å². The minimum Gasteiger partial charge on any atom is -0.478 e. The predicted octanol–water partition coefficient (Wildman–Crippen LogP) is 6.29. The summed E-state index contributed by atoms with van der Waals surface area (Å²) < 4.78 is 35.4. The molecular weight excluding hydrogens is 678 g/mol. The van der Waals surface area contributed by atoms with Crippen molar-refractivity contribution in [3.63, 3.8) is 0 Å². The molecule has 2 aromatic heterocycles. The largest absolute Gasteiger partial charge is 0.478 e. The fourth-order valence-corrected chi connectivity index (χ4v) is 6.83. The summed E-state index contributed by atoms with van der Waals surface area (Å²) in [5.74, 6) is -0.0706. The SMILES string of the molecule is Cc1cccc(C)c1-c1cc(OC[C@@H](CCC(C)C)NCc2ncc(N3CC(C)(C)C3)cn2)nc(NS(=O)(=O)c2cccc(C(=O)O)c2)n1.Cl. The first-order chi connectivity index (χ1) is 23.2. The van der Waals surface area contributed by atoms with Crippen LogP contribution in [0.1, 0.15) is 67.8 Å². The second-order valence-electron chi connectivity index (χ2n) is 13.9. The molecule has 1 atom stereocenters. The molecule has 0 radical (unpaired) electrons. The van der Waals surface area contributed by atoms with Gasteiger partial charge in [-0.25, -0.2) is 32.9 Å². The van der Waals surface area contributed by atoms with Gasteiger partial charge in [0.15, 0.2) is 0 Å². The first kappa shape index (κ1) is 38.5. The Labute approximate surface area is 300 Å². The van der Waals surface area contributed by atoms with Gasteiger partial charge in [0.25, 0.3) is 10.0 Å². The van der Waals surface area contributed by atoms with E-state index in [0.29, 0.717) is 29.4 Å². The predicted molar refractivity (Wildman–Crippen MR) is 197 cm³/mol. The maximum absolute atomic E-state index is 13.4. The van der Waals surface area contributed by atoms with Crippen molar-refractivity contribution in [3.8, 4) is 17.1 Å². The molecule has 1 saturated heterocycles. The smallest absolute Gasteiger partial charge is 0.335 e. The summed E-state index contributed by atoms with van der Waals surface area (Å²) >= 11 is 0. The van der Waals surface area contributed by atoms with E-state index in [2.05, 4.69) is 62.6 Å². The van der Waals surface area contributed by atoms with Crippen LogP contribution in [0.25, 0.3) is 11.3 Å². The van der Waals surface area contributed by atoms with E-state index in [-0.39, 0.29) is 47.3 Å². The average molecular weight is 724 g/mol. The number of aromatic nitrogens is 4. The van der Waals surface area contributed by atoms with E-state index in [9.17, 15) is 18.3 Å². The minimum absolute atomic E-state index is 0. The third-order valence-electron chi connectivity index (χ3n) is 8.43. The second kappa shape index (κ2) is 16.1. The lowest BCUT2D eigenvalue weighted by Crippen LogP contribution is -2.53. The summed E-state index contributed by atoms with van der Waals surface area (Å²) in [4.78, 5) is 31.7. The molecule has 2 aromatic carbocycles. The number of hydrogen-bond donors (Lipinski definition) is 3. The Morgan fingerprint density at radius 3 is 2.28 bits per heavy atom. The van der Waals surface area contributed by atoms with Gasteiger partial charge in [-0.05, 0) is 67.3 Å². The van der Waals surface area contributed by atoms with Gasteiger partial charge < -0.3 is 20.1 Å². The molecule has 50 heavy (non-hydrogen) atoms. The van der Waals surface area contributed by atoms with Gasteiger partial charge in [0.2, 0.25) is 11.8 Å². The van der Waals surface area contributed by atoms with Crippen LogP contribution < -0.4 is 19.7 Å². The highest BCUT2D eigenvalue weighted by molar-refractivity contribution is 7.92. The normalized spacial score (nSPS) is 14.4. The highest BCUT2D eigenvalue weighted by Crippen LogP contribution is 2.33. The van der Waals surface area contributed by atoms with Crippen molar-refractivity contribution in [3.05, 3.63) is 83.4 Å². The van der Waals surface area contributed by atoms with Crippen LogP contribution in [0.3, 0.4) is 0 Å². The van der Waals surface area contributed by atoms with E-state index >= 15 is 0 Å². The lowest BCUT2D eigenvalue weighted by atomic mass is 9.84. The van der Waals surface area contributed by atoms with Crippen molar-refractivity contribution in [2.75, 3.05) is 29.3 Å². The van der Waals surface area contributed by atoms with Crippen molar-refractivity contribution in [2.45, 2.75) is 71.9 Å². The molecule has 5 rings (SSSR count). The molecule has 12 nitrogen and oxygen atoms in total. The van der Waals surface area contributed by atoms with Crippen LogP contribution in [0.2, 0.25) is 0 Å². The standard InChI is InChI=1S/C36H45N7O5S.ClH/c1-23(2)13-14-27(37-19-31-38-17-28(18-39-31)43-21-36(5,6)22-43)20-48-32-16-30(33-24(3)9-7-10-25(33)4)40-35(41-32)42-49(46,47)29-12-8-11-26(15-29)34(44)45;/h7-12,15-18,23,27,37H,13-14,19-22H2,1-6H3,(H,44,45)(H,40,41,42);1H/t27-;/m1./s1.